The van der Waals surface area contributed by atoms with Crippen molar-refractivity contribution in [1.82, 2.24) is 9.97 Å². The molecule has 1 unspecified atom stereocenters. The zero-order valence-electron chi connectivity index (χ0n) is 13.3. The van der Waals surface area contributed by atoms with Crippen LogP contribution in [0.25, 0.3) is 22.4 Å². The molecule has 5 N–H and O–H groups in total. The fraction of sp³-hybridized carbons (Fsp3) is 0.235. The third-order valence-electron chi connectivity index (χ3n) is 4.18. The van der Waals surface area contributed by atoms with Crippen molar-refractivity contribution in [3.8, 4) is 11.4 Å². The van der Waals surface area contributed by atoms with Crippen molar-refractivity contribution in [2.45, 2.75) is 19.3 Å². The third-order valence-corrected chi connectivity index (χ3v) is 4.18. The number of H-pyrrole nitrogens is 1. The summed E-state index contributed by atoms with van der Waals surface area (Å²) in [5, 5.41) is 11.0. The molecule has 24 heavy (non-hydrogen) atoms. The maximum atomic E-state index is 11.0. The van der Waals surface area contributed by atoms with Crippen molar-refractivity contribution in [2.24, 2.45) is 5.73 Å². The van der Waals surface area contributed by atoms with Gasteiger partial charge in [0.1, 0.15) is 11.5 Å². The number of anilines is 1. The lowest BCUT2D eigenvalue weighted by atomic mass is 9.97. The smallest absolute Gasteiger partial charge is 0.292 e. The van der Waals surface area contributed by atoms with Crippen LogP contribution in [-0.2, 0) is 0 Å². The molecule has 7 nitrogen and oxygen atoms in total. The molecule has 0 saturated heterocycles. The van der Waals surface area contributed by atoms with E-state index in [0.717, 1.165) is 17.5 Å². The number of nitrogens with zero attached hydrogens (tertiary/aromatic N) is 2. The van der Waals surface area contributed by atoms with Gasteiger partial charge in [0.2, 0.25) is 0 Å². The molecule has 0 bridgehead atoms. The van der Waals surface area contributed by atoms with Gasteiger partial charge in [-0.2, -0.15) is 0 Å². The van der Waals surface area contributed by atoms with Gasteiger partial charge in [-0.3, -0.25) is 10.1 Å². The number of fused-ring (bicyclic) bond motifs is 1. The number of rotatable bonds is 5. The molecule has 3 aromatic rings. The maximum Gasteiger partial charge on any atom is 0.292 e. The van der Waals surface area contributed by atoms with E-state index in [4.69, 9.17) is 11.5 Å². The summed E-state index contributed by atoms with van der Waals surface area (Å²) in [4.78, 5) is 18.3. The van der Waals surface area contributed by atoms with Crippen molar-refractivity contribution >= 4 is 22.4 Å². The molecule has 124 valence electrons. The van der Waals surface area contributed by atoms with Crippen LogP contribution in [0.2, 0.25) is 0 Å². The van der Waals surface area contributed by atoms with Crippen LogP contribution >= 0.6 is 0 Å². The standard InChI is InChI=1S/C17H19N5O2/c1-10(6-7-18)11-3-5-14-15(8-11)21-17(20-14)12-2-4-13(19)16(9-12)22(23)24/h2-5,8-10H,6-7,18-19H2,1H3,(H,20,21). The predicted molar refractivity (Wildman–Crippen MR) is 94.7 cm³/mol. The number of nitro groups is 1. The lowest BCUT2D eigenvalue weighted by Gasteiger charge is -2.09. The Kier molecular flexibility index (Phi) is 4.18. The molecule has 2 aromatic carbocycles. The van der Waals surface area contributed by atoms with Crippen molar-refractivity contribution in [3.05, 3.63) is 52.1 Å². The van der Waals surface area contributed by atoms with Gasteiger partial charge in [-0.05, 0) is 48.7 Å². The van der Waals surface area contributed by atoms with Gasteiger partial charge < -0.3 is 16.5 Å². The molecule has 0 aliphatic carbocycles. The topological polar surface area (TPSA) is 124 Å². The van der Waals surface area contributed by atoms with Crippen molar-refractivity contribution in [2.75, 3.05) is 12.3 Å². The van der Waals surface area contributed by atoms with E-state index >= 15 is 0 Å². The molecule has 0 fully saturated rings. The van der Waals surface area contributed by atoms with Crippen LogP contribution in [0.4, 0.5) is 11.4 Å². The van der Waals surface area contributed by atoms with Crippen molar-refractivity contribution < 1.29 is 4.92 Å². The largest absolute Gasteiger partial charge is 0.393 e. The number of hydrogen-bond donors (Lipinski definition) is 3. The molecule has 0 amide bonds. The van der Waals surface area contributed by atoms with E-state index in [1.807, 2.05) is 12.1 Å². The van der Waals surface area contributed by atoms with Crippen LogP contribution in [-0.4, -0.2) is 21.4 Å². The molecule has 1 atom stereocenters. The second-order valence-corrected chi connectivity index (χ2v) is 5.87. The SMILES string of the molecule is CC(CCN)c1ccc2[nH]c(-c3ccc(N)c([N+](=O)[O-])c3)nc2c1. The monoisotopic (exact) mass is 325 g/mol. The Hall–Kier alpha value is -2.93. The number of nitrogen functional groups attached to an aromatic ring is 1. The number of hydrogen-bond acceptors (Lipinski definition) is 5. The summed E-state index contributed by atoms with van der Waals surface area (Å²) in [5.41, 5.74) is 14.8. The Morgan fingerprint density at radius 2 is 2.08 bits per heavy atom. The Balaban J connectivity index is 2.02. The second kappa shape index (κ2) is 6.29. The van der Waals surface area contributed by atoms with E-state index in [9.17, 15) is 10.1 Å². The highest BCUT2D eigenvalue weighted by Crippen LogP contribution is 2.29. The second-order valence-electron chi connectivity index (χ2n) is 5.87. The highest BCUT2D eigenvalue weighted by atomic mass is 16.6. The van der Waals surface area contributed by atoms with Crippen LogP contribution in [0, 0.1) is 10.1 Å². The zero-order valence-corrected chi connectivity index (χ0v) is 13.3. The van der Waals surface area contributed by atoms with Crippen molar-refractivity contribution in [3.63, 3.8) is 0 Å². The Labute approximate surface area is 138 Å². The van der Waals surface area contributed by atoms with Gasteiger partial charge >= 0.3 is 0 Å². The van der Waals surface area contributed by atoms with Crippen LogP contribution in [0.3, 0.4) is 0 Å². The molecular formula is C17H19N5O2. The molecular weight excluding hydrogens is 306 g/mol. The van der Waals surface area contributed by atoms with E-state index in [-0.39, 0.29) is 11.4 Å². The van der Waals surface area contributed by atoms with Gasteiger partial charge in [-0.15, -0.1) is 0 Å². The predicted octanol–water partition coefficient (Wildman–Crippen LogP) is 3.17. The van der Waals surface area contributed by atoms with E-state index in [0.29, 0.717) is 23.9 Å². The molecule has 1 heterocycles. The molecule has 0 radical (unpaired) electrons. The van der Waals surface area contributed by atoms with E-state index < -0.39 is 4.92 Å². The summed E-state index contributed by atoms with van der Waals surface area (Å²) in [6.45, 7) is 2.77. The number of nitrogens with one attached hydrogen (secondary N) is 1. The number of nitro benzene ring substituents is 1. The molecule has 0 saturated carbocycles. The lowest BCUT2D eigenvalue weighted by molar-refractivity contribution is -0.383. The van der Waals surface area contributed by atoms with Crippen LogP contribution in [0.5, 0.6) is 0 Å². The summed E-state index contributed by atoms with van der Waals surface area (Å²) in [6.07, 6.45) is 0.910. The Morgan fingerprint density at radius 1 is 1.29 bits per heavy atom. The van der Waals surface area contributed by atoms with Crippen LogP contribution in [0.1, 0.15) is 24.8 Å². The lowest BCUT2D eigenvalue weighted by Crippen LogP contribution is -2.04. The van der Waals surface area contributed by atoms with Gasteiger partial charge in [0.25, 0.3) is 5.69 Å². The Morgan fingerprint density at radius 3 is 2.79 bits per heavy atom. The molecule has 1 aromatic heterocycles. The summed E-state index contributed by atoms with van der Waals surface area (Å²) < 4.78 is 0. The number of benzene rings is 2. The van der Waals surface area contributed by atoms with E-state index in [1.54, 1.807) is 6.07 Å². The zero-order chi connectivity index (χ0) is 17.3. The normalized spacial score (nSPS) is 12.4. The number of aromatic amines is 1. The molecule has 3 rings (SSSR count). The van der Waals surface area contributed by atoms with Crippen molar-refractivity contribution in [1.29, 1.82) is 0 Å². The minimum atomic E-state index is -0.492. The van der Waals surface area contributed by atoms with E-state index in [1.165, 1.54) is 17.7 Å². The van der Waals surface area contributed by atoms with Gasteiger partial charge in [-0.1, -0.05) is 13.0 Å². The maximum absolute atomic E-state index is 11.0. The van der Waals surface area contributed by atoms with Gasteiger partial charge in [0.15, 0.2) is 0 Å². The summed E-state index contributed by atoms with van der Waals surface area (Å²) in [7, 11) is 0. The summed E-state index contributed by atoms with van der Waals surface area (Å²) >= 11 is 0. The number of aromatic nitrogens is 2. The molecule has 7 heteroatoms. The first-order valence-corrected chi connectivity index (χ1v) is 7.73. The average molecular weight is 325 g/mol. The van der Waals surface area contributed by atoms with Gasteiger partial charge in [0, 0.05) is 11.6 Å². The minimum absolute atomic E-state index is 0.120. The summed E-state index contributed by atoms with van der Waals surface area (Å²) in [6, 6.07) is 10.7. The first-order chi connectivity index (χ1) is 11.5. The Bertz CT molecular complexity index is 903. The molecule has 0 spiro atoms. The van der Waals surface area contributed by atoms with Gasteiger partial charge in [-0.25, -0.2) is 4.98 Å². The summed E-state index contributed by atoms with van der Waals surface area (Å²) in [5.74, 6) is 0.939. The average Bonchev–Trinajstić information content (AvgIpc) is 2.98. The highest BCUT2D eigenvalue weighted by Gasteiger charge is 2.15. The minimum Gasteiger partial charge on any atom is -0.393 e. The molecule has 0 aliphatic rings. The first-order valence-electron chi connectivity index (χ1n) is 7.73. The third kappa shape index (κ3) is 2.93. The fourth-order valence-corrected chi connectivity index (χ4v) is 2.73. The quantitative estimate of drug-likeness (QED) is 0.377. The first kappa shape index (κ1) is 15.9. The fourth-order valence-electron chi connectivity index (χ4n) is 2.73. The van der Waals surface area contributed by atoms with Crippen LogP contribution < -0.4 is 11.5 Å². The number of nitrogens with two attached hydrogens (primary N) is 2. The van der Waals surface area contributed by atoms with E-state index in [2.05, 4.69) is 23.0 Å². The highest BCUT2D eigenvalue weighted by molar-refractivity contribution is 5.81. The van der Waals surface area contributed by atoms with Crippen LogP contribution in [0.15, 0.2) is 36.4 Å². The number of imidazole rings is 1. The molecule has 0 aliphatic heterocycles. The van der Waals surface area contributed by atoms with Gasteiger partial charge in [0.05, 0.1) is 16.0 Å².